The topological polar surface area (TPSA) is 161 Å². The second-order valence-corrected chi connectivity index (χ2v) is 12.8. The van der Waals surface area contributed by atoms with Crippen LogP contribution in [0.5, 0.6) is 0 Å². The quantitative estimate of drug-likeness (QED) is 0.0715. The van der Waals surface area contributed by atoms with Crippen molar-refractivity contribution in [2.45, 2.75) is 26.2 Å². The van der Waals surface area contributed by atoms with E-state index in [0.29, 0.717) is 38.6 Å². The highest BCUT2D eigenvalue weighted by Gasteiger charge is 2.46. The van der Waals surface area contributed by atoms with Crippen LogP contribution in [0.25, 0.3) is 22.3 Å². The number of benzene rings is 5. The number of hydrogen-bond donors (Lipinski definition) is 0. The van der Waals surface area contributed by atoms with Crippen LogP contribution in [-0.4, -0.2) is 33.5 Å². The van der Waals surface area contributed by atoms with Crippen molar-refractivity contribution in [2.24, 2.45) is 0 Å². The Morgan fingerprint density at radius 2 is 0.893 bits per heavy atom. The number of hydrogen-bond acceptors (Lipinski definition) is 8. The molecule has 56 heavy (non-hydrogen) atoms. The Morgan fingerprint density at radius 1 is 0.464 bits per heavy atom. The van der Waals surface area contributed by atoms with E-state index < -0.39 is 85.1 Å². The minimum atomic E-state index is -5.27. The molecule has 0 unspecified atom stereocenters. The molecule has 0 aromatic heterocycles. The van der Waals surface area contributed by atoms with Crippen molar-refractivity contribution >= 4 is 46.4 Å². The molecule has 0 N–H and O–H groups in total. The van der Waals surface area contributed by atoms with Gasteiger partial charge in [-0.1, -0.05) is 12.1 Å². The highest BCUT2D eigenvalue weighted by Crippen LogP contribution is 2.46. The number of fused-ring (bicyclic) bond motifs is 2. The first-order chi connectivity index (χ1) is 26.2. The molecule has 0 bridgehead atoms. The van der Waals surface area contributed by atoms with Gasteiger partial charge in [0.15, 0.2) is 0 Å². The molecule has 2 aliphatic rings. The van der Waals surface area contributed by atoms with Crippen molar-refractivity contribution in [3.05, 3.63) is 150 Å². The van der Waals surface area contributed by atoms with Crippen LogP contribution in [-0.2, 0) is 12.4 Å². The average Bonchev–Trinajstić information content (AvgIpc) is 3.53. The minimum Gasteiger partial charge on any atom is -0.268 e. The van der Waals surface area contributed by atoms with Crippen LogP contribution in [0.1, 0.15) is 63.7 Å². The SMILES string of the molecule is Cc1cc([N+](=O)[O-])ccc1-c1ccc2c(c1)C(=O)N(c1cc(C)c(N3C(=O)c4ccc(-c5ccc([N+](=O)[O-])cc5C(F)(F)F)cc4C3=O)cc1C(F)(F)F)C2=O. The first-order valence-corrected chi connectivity index (χ1v) is 16.1. The van der Waals surface area contributed by atoms with Crippen LogP contribution >= 0.6 is 0 Å². The number of carbonyl (C=O) groups is 4. The van der Waals surface area contributed by atoms with E-state index in [0.717, 1.165) is 36.4 Å². The van der Waals surface area contributed by atoms with Gasteiger partial charge in [0.05, 0.1) is 54.6 Å². The lowest BCUT2D eigenvalue weighted by molar-refractivity contribution is -0.385. The van der Waals surface area contributed by atoms with E-state index in [1.807, 2.05) is 0 Å². The fourth-order valence-corrected chi connectivity index (χ4v) is 6.81. The van der Waals surface area contributed by atoms with E-state index in [-0.39, 0.29) is 33.5 Å². The Kier molecular flexibility index (Phi) is 8.40. The van der Waals surface area contributed by atoms with Crippen molar-refractivity contribution in [2.75, 3.05) is 9.80 Å². The molecule has 4 amide bonds. The normalized spacial score (nSPS) is 14.1. The summed E-state index contributed by atoms with van der Waals surface area (Å²) in [6.45, 7) is 2.79. The fraction of sp³-hybridized carbons (Fsp3) is 0.105. The van der Waals surface area contributed by atoms with E-state index in [4.69, 9.17) is 0 Å². The largest absolute Gasteiger partial charge is 0.418 e. The number of amides is 4. The molecular formula is C38H20F6N4O8. The molecule has 2 aliphatic heterocycles. The molecule has 7 rings (SSSR count). The number of imide groups is 2. The smallest absolute Gasteiger partial charge is 0.268 e. The Labute approximate surface area is 309 Å². The summed E-state index contributed by atoms with van der Waals surface area (Å²) in [5.41, 5.74) is -6.60. The third-order valence-corrected chi connectivity index (χ3v) is 9.44. The summed E-state index contributed by atoms with van der Waals surface area (Å²) in [7, 11) is 0. The number of rotatable bonds is 6. The van der Waals surface area contributed by atoms with E-state index in [1.54, 1.807) is 6.92 Å². The van der Waals surface area contributed by atoms with Crippen molar-refractivity contribution in [1.29, 1.82) is 0 Å². The number of non-ortho nitro benzene ring substituents is 2. The molecule has 0 saturated carbocycles. The summed E-state index contributed by atoms with van der Waals surface area (Å²) in [5.74, 6) is -4.54. The van der Waals surface area contributed by atoms with Gasteiger partial charge in [0.25, 0.3) is 35.0 Å². The maximum Gasteiger partial charge on any atom is 0.418 e. The van der Waals surface area contributed by atoms with Gasteiger partial charge in [-0.25, -0.2) is 9.80 Å². The average molecular weight is 775 g/mol. The maximum atomic E-state index is 14.8. The highest BCUT2D eigenvalue weighted by molar-refractivity contribution is 6.36. The third kappa shape index (κ3) is 5.91. The number of carbonyl (C=O) groups excluding carboxylic acids is 4. The molecule has 0 atom stereocenters. The molecular weight excluding hydrogens is 754 g/mol. The zero-order valence-electron chi connectivity index (χ0n) is 28.4. The molecule has 5 aromatic rings. The Morgan fingerprint density at radius 3 is 1.38 bits per heavy atom. The van der Waals surface area contributed by atoms with E-state index in [1.165, 1.54) is 43.3 Å². The number of nitro groups is 2. The van der Waals surface area contributed by atoms with Crippen molar-refractivity contribution in [1.82, 2.24) is 0 Å². The number of alkyl halides is 6. The number of nitro benzene ring substituents is 2. The number of halogens is 6. The predicted octanol–water partition coefficient (Wildman–Crippen LogP) is 9.09. The zero-order valence-corrected chi connectivity index (χ0v) is 28.4. The molecule has 5 aromatic carbocycles. The summed E-state index contributed by atoms with van der Waals surface area (Å²) >= 11 is 0. The predicted molar refractivity (Wildman–Crippen MR) is 185 cm³/mol. The van der Waals surface area contributed by atoms with Crippen molar-refractivity contribution in [3.63, 3.8) is 0 Å². The Balaban J connectivity index is 1.27. The highest BCUT2D eigenvalue weighted by atomic mass is 19.4. The molecule has 12 nitrogen and oxygen atoms in total. The van der Waals surface area contributed by atoms with Gasteiger partial charge in [-0.15, -0.1) is 0 Å². The summed E-state index contributed by atoms with van der Waals surface area (Å²) in [6, 6.07) is 14.0. The van der Waals surface area contributed by atoms with Crippen molar-refractivity contribution in [3.8, 4) is 22.3 Å². The summed E-state index contributed by atoms with van der Waals surface area (Å²) in [6.07, 6.45) is -10.4. The Hall–Kier alpha value is -7.24. The van der Waals surface area contributed by atoms with Crippen molar-refractivity contribution < 1.29 is 55.4 Å². The second-order valence-electron chi connectivity index (χ2n) is 12.8. The maximum absolute atomic E-state index is 14.8. The number of nitrogens with zero attached hydrogens (tertiary/aromatic N) is 4. The van der Waals surface area contributed by atoms with Crippen LogP contribution < -0.4 is 9.80 Å². The lowest BCUT2D eigenvalue weighted by atomic mass is 9.95. The monoisotopic (exact) mass is 774 g/mol. The minimum absolute atomic E-state index is 0.170. The summed E-state index contributed by atoms with van der Waals surface area (Å²) in [5, 5.41) is 22.3. The molecule has 282 valence electrons. The van der Waals surface area contributed by atoms with Gasteiger partial charge < -0.3 is 0 Å². The Bertz CT molecular complexity index is 2650. The van der Waals surface area contributed by atoms with Gasteiger partial charge in [-0.2, -0.15) is 26.3 Å². The van der Waals surface area contributed by atoms with Crippen LogP contribution in [0.4, 0.5) is 49.1 Å². The zero-order chi connectivity index (χ0) is 40.8. The number of aryl methyl sites for hydroxylation is 2. The molecule has 0 saturated heterocycles. The lowest BCUT2D eigenvalue weighted by Gasteiger charge is -2.24. The summed E-state index contributed by atoms with van der Waals surface area (Å²) < 4.78 is 86.2. The summed E-state index contributed by atoms with van der Waals surface area (Å²) in [4.78, 5) is 75.9. The van der Waals surface area contributed by atoms with Crippen LogP contribution in [0, 0.1) is 34.1 Å². The molecule has 0 fully saturated rings. The van der Waals surface area contributed by atoms with Gasteiger partial charge in [0, 0.05) is 24.3 Å². The second kappa shape index (κ2) is 12.7. The number of anilines is 2. The van der Waals surface area contributed by atoms with Gasteiger partial charge >= 0.3 is 12.4 Å². The van der Waals surface area contributed by atoms with Gasteiger partial charge in [-0.3, -0.25) is 39.4 Å². The first-order valence-electron chi connectivity index (χ1n) is 16.1. The van der Waals surface area contributed by atoms with Gasteiger partial charge in [-0.05, 0) is 95.8 Å². The lowest BCUT2D eigenvalue weighted by Crippen LogP contribution is -2.33. The standard InChI is InChI=1S/C38H20F6N4O8/c1-17-11-21(47(53)54)5-9-23(17)19-3-7-26-27(13-19)36(52)46(34(26)50)32-12-18(2)31(16-30(32)38(42,43)44)45-33(49)25-8-4-20(14-28(25)35(45)51)24-10-6-22(48(55)56)15-29(24)37(39,40)41/h3-16H,1-2H3. The third-order valence-electron chi connectivity index (χ3n) is 9.44. The van der Waals surface area contributed by atoms with Crippen LogP contribution in [0.3, 0.4) is 0 Å². The first kappa shape index (κ1) is 37.1. The van der Waals surface area contributed by atoms with Crippen LogP contribution in [0.2, 0.25) is 0 Å². The van der Waals surface area contributed by atoms with E-state index in [2.05, 4.69) is 0 Å². The van der Waals surface area contributed by atoms with E-state index in [9.17, 15) is 65.7 Å². The molecule has 2 heterocycles. The van der Waals surface area contributed by atoms with Crippen LogP contribution in [0.15, 0.2) is 84.9 Å². The fourth-order valence-electron chi connectivity index (χ4n) is 6.81. The molecule has 18 heteroatoms. The molecule has 0 spiro atoms. The van der Waals surface area contributed by atoms with Gasteiger partial charge in [0.2, 0.25) is 0 Å². The molecule has 0 radical (unpaired) electrons. The van der Waals surface area contributed by atoms with Gasteiger partial charge in [0.1, 0.15) is 0 Å². The van der Waals surface area contributed by atoms with E-state index >= 15 is 0 Å². The molecule has 0 aliphatic carbocycles.